The number of benzene rings is 1. The third-order valence-corrected chi connectivity index (χ3v) is 3.17. The van der Waals surface area contributed by atoms with Gasteiger partial charge in [-0.15, -0.1) is 0 Å². The molecule has 1 aromatic rings. The topological polar surface area (TPSA) is 78.6 Å². The summed E-state index contributed by atoms with van der Waals surface area (Å²) in [6, 6.07) is 4.84. The van der Waals surface area contributed by atoms with Crippen molar-refractivity contribution in [2.45, 2.75) is 32.6 Å². The van der Waals surface area contributed by atoms with Gasteiger partial charge < -0.3 is 15.2 Å². The van der Waals surface area contributed by atoms with E-state index in [1.807, 2.05) is 0 Å². The van der Waals surface area contributed by atoms with Gasteiger partial charge in [-0.3, -0.25) is 4.79 Å². The van der Waals surface area contributed by atoms with Crippen molar-refractivity contribution < 1.29 is 19.1 Å². The summed E-state index contributed by atoms with van der Waals surface area (Å²) in [7, 11) is 0. The maximum atomic E-state index is 11.8. The van der Waals surface area contributed by atoms with Gasteiger partial charge in [0.25, 0.3) is 0 Å². The molecule has 0 amide bonds. The van der Waals surface area contributed by atoms with Gasteiger partial charge in [0.1, 0.15) is 0 Å². The van der Waals surface area contributed by atoms with Gasteiger partial charge in [0.05, 0.1) is 29.5 Å². The van der Waals surface area contributed by atoms with Crippen molar-refractivity contribution in [3.63, 3.8) is 0 Å². The number of anilines is 1. The largest absolute Gasteiger partial charge is 0.466 e. The molecule has 1 aromatic carbocycles. The van der Waals surface area contributed by atoms with E-state index in [1.54, 1.807) is 25.1 Å². The normalized spacial score (nSPS) is 10.2. The van der Waals surface area contributed by atoms with Crippen molar-refractivity contribution in [1.82, 2.24) is 0 Å². The van der Waals surface area contributed by atoms with Gasteiger partial charge in [0.2, 0.25) is 0 Å². The van der Waals surface area contributed by atoms with E-state index in [1.165, 1.54) is 0 Å². The second-order valence-electron chi connectivity index (χ2n) is 4.45. The molecule has 2 N–H and O–H groups in total. The zero-order valence-corrected chi connectivity index (χ0v) is 12.8. The number of ether oxygens (including phenoxy) is 2. The fraction of sp³-hybridized carbons (Fsp3) is 0.467. The van der Waals surface area contributed by atoms with Crippen LogP contribution in [-0.2, 0) is 14.3 Å². The monoisotopic (exact) mass is 313 g/mol. The first-order valence-electron chi connectivity index (χ1n) is 6.93. The smallest absolute Gasteiger partial charge is 0.340 e. The van der Waals surface area contributed by atoms with Gasteiger partial charge in [-0.1, -0.05) is 17.7 Å². The minimum atomic E-state index is -0.486. The summed E-state index contributed by atoms with van der Waals surface area (Å²) < 4.78 is 9.94. The Morgan fingerprint density at radius 2 is 1.95 bits per heavy atom. The molecule has 0 unspecified atom stereocenters. The average molecular weight is 314 g/mol. The van der Waals surface area contributed by atoms with Crippen molar-refractivity contribution in [2.75, 3.05) is 18.9 Å². The second-order valence-corrected chi connectivity index (χ2v) is 4.86. The summed E-state index contributed by atoms with van der Waals surface area (Å²) in [6.45, 7) is 2.46. The van der Waals surface area contributed by atoms with E-state index in [4.69, 9.17) is 26.8 Å². The van der Waals surface area contributed by atoms with Crippen LogP contribution in [0.2, 0.25) is 5.02 Å². The van der Waals surface area contributed by atoms with Gasteiger partial charge in [-0.2, -0.15) is 0 Å². The molecule has 0 spiro atoms. The van der Waals surface area contributed by atoms with E-state index in [9.17, 15) is 9.59 Å². The number of nitrogen functional groups attached to an aromatic ring is 1. The molecule has 0 saturated heterocycles. The Bertz CT molecular complexity index is 491. The Balaban J connectivity index is 2.22. The molecule has 0 heterocycles. The molecule has 0 bridgehead atoms. The molecule has 0 atom stereocenters. The van der Waals surface area contributed by atoms with Crippen molar-refractivity contribution in [2.24, 2.45) is 0 Å². The molecule has 0 saturated carbocycles. The number of carbonyl (C=O) groups excluding carboxylic acids is 2. The van der Waals surface area contributed by atoms with Crippen LogP contribution in [0.4, 0.5) is 5.69 Å². The third kappa shape index (κ3) is 6.04. The Hall–Kier alpha value is -1.75. The SMILES string of the molecule is CCOC(=O)CCCCCOC(=O)c1cccc(Cl)c1N. The van der Waals surface area contributed by atoms with Crippen LogP contribution in [0.3, 0.4) is 0 Å². The van der Waals surface area contributed by atoms with Crippen LogP contribution in [0.5, 0.6) is 0 Å². The highest BCUT2D eigenvalue weighted by Crippen LogP contribution is 2.23. The summed E-state index contributed by atoms with van der Waals surface area (Å²) in [5.41, 5.74) is 6.21. The van der Waals surface area contributed by atoms with Crippen molar-refractivity contribution in [3.8, 4) is 0 Å². The van der Waals surface area contributed by atoms with Crippen LogP contribution in [0.15, 0.2) is 18.2 Å². The number of carbonyl (C=O) groups is 2. The fourth-order valence-electron chi connectivity index (χ4n) is 1.74. The molecular formula is C15H20ClNO4. The number of hydrogen-bond donors (Lipinski definition) is 1. The number of rotatable bonds is 8. The highest BCUT2D eigenvalue weighted by Gasteiger charge is 2.12. The maximum Gasteiger partial charge on any atom is 0.340 e. The van der Waals surface area contributed by atoms with Crippen molar-refractivity contribution in [3.05, 3.63) is 28.8 Å². The first-order chi connectivity index (χ1) is 10.1. The van der Waals surface area contributed by atoms with Crippen molar-refractivity contribution >= 4 is 29.2 Å². The first-order valence-corrected chi connectivity index (χ1v) is 7.30. The summed E-state index contributed by atoms with van der Waals surface area (Å²) in [4.78, 5) is 22.9. The van der Waals surface area contributed by atoms with E-state index < -0.39 is 5.97 Å². The Morgan fingerprint density at radius 1 is 1.19 bits per heavy atom. The number of hydrogen-bond acceptors (Lipinski definition) is 5. The molecule has 0 aromatic heterocycles. The second kappa shape index (κ2) is 9.23. The zero-order valence-electron chi connectivity index (χ0n) is 12.1. The molecule has 0 radical (unpaired) electrons. The minimum absolute atomic E-state index is 0.193. The van der Waals surface area contributed by atoms with E-state index in [-0.39, 0.29) is 23.8 Å². The summed E-state index contributed by atoms with van der Waals surface area (Å²) in [5.74, 6) is -0.679. The van der Waals surface area contributed by atoms with Crippen molar-refractivity contribution in [1.29, 1.82) is 0 Å². The molecule has 6 heteroatoms. The number of para-hydroxylation sites is 1. The van der Waals surface area contributed by atoms with Gasteiger partial charge >= 0.3 is 11.9 Å². The molecule has 21 heavy (non-hydrogen) atoms. The highest BCUT2D eigenvalue weighted by atomic mass is 35.5. The van der Waals surface area contributed by atoms with Gasteiger partial charge in [0, 0.05) is 6.42 Å². The zero-order chi connectivity index (χ0) is 15.7. The lowest BCUT2D eigenvalue weighted by atomic mass is 10.2. The van der Waals surface area contributed by atoms with E-state index in [0.29, 0.717) is 24.5 Å². The third-order valence-electron chi connectivity index (χ3n) is 2.84. The van der Waals surface area contributed by atoms with Gasteiger partial charge in [-0.05, 0) is 38.3 Å². The molecule has 5 nitrogen and oxygen atoms in total. The molecule has 0 aliphatic rings. The molecule has 0 fully saturated rings. The highest BCUT2D eigenvalue weighted by molar-refractivity contribution is 6.33. The number of unbranched alkanes of at least 4 members (excludes halogenated alkanes) is 2. The van der Waals surface area contributed by atoms with Crippen LogP contribution >= 0.6 is 11.6 Å². The van der Waals surface area contributed by atoms with Gasteiger partial charge in [-0.25, -0.2) is 4.79 Å². The Kier molecular flexibility index (Phi) is 7.61. The maximum absolute atomic E-state index is 11.8. The van der Waals surface area contributed by atoms with Crippen LogP contribution in [0.1, 0.15) is 43.0 Å². The first kappa shape index (κ1) is 17.3. The predicted molar refractivity (Wildman–Crippen MR) is 81.2 cm³/mol. The summed E-state index contributed by atoms with van der Waals surface area (Å²) in [5, 5.41) is 0.332. The van der Waals surface area contributed by atoms with Crippen LogP contribution in [-0.4, -0.2) is 25.2 Å². The Morgan fingerprint density at radius 3 is 2.67 bits per heavy atom. The number of nitrogens with two attached hydrogens (primary N) is 1. The quantitative estimate of drug-likeness (QED) is 0.453. The number of esters is 2. The fourth-order valence-corrected chi connectivity index (χ4v) is 1.91. The van der Waals surface area contributed by atoms with E-state index in [2.05, 4.69) is 0 Å². The number of halogens is 1. The van der Waals surface area contributed by atoms with Crippen LogP contribution < -0.4 is 5.73 Å². The van der Waals surface area contributed by atoms with Crippen LogP contribution in [0, 0.1) is 0 Å². The lowest BCUT2D eigenvalue weighted by Crippen LogP contribution is -2.09. The minimum Gasteiger partial charge on any atom is -0.466 e. The van der Waals surface area contributed by atoms with Crippen LogP contribution in [0.25, 0.3) is 0 Å². The molecular weight excluding hydrogens is 294 g/mol. The summed E-state index contributed by atoms with van der Waals surface area (Å²) >= 11 is 5.84. The predicted octanol–water partition coefficient (Wildman–Crippen LogP) is 3.20. The Labute approximate surface area is 129 Å². The summed E-state index contributed by atoms with van der Waals surface area (Å²) in [6.07, 6.45) is 2.58. The van der Waals surface area contributed by atoms with E-state index in [0.717, 1.165) is 12.8 Å². The molecule has 1 rings (SSSR count). The molecule has 0 aliphatic carbocycles. The standard InChI is InChI=1S/C15H20ClNO4/c1-2-20-13(18)9-4-3-5-10-21-15(19)11-7-6-8-12(16)14(11)17/h6-8H,2-5,9-10,17H2,1H3. The average Bonchev–Trinajstić information content (AvgIpc) is 2.45. The lowest BCUT2D eigenvalue weighted by molar-refractivity contribution is -0.143. The lowest BCUT2D eigenvalue weighted by Gasteiger charge is -2.08. The molecule has 0 aliphatic heterocycles. The molecule has 116 valence electrons. The van der Waals surface area contributed by atoms with E-state index >= 15 is 0 Å². The van der Waals surface area contributed by atoms with Gasteiger partial charge in [0.15, 0.2) is 0 Å².